The molecule has 12 N–H and O–H groups in total. The second-order valence-electron chi connectivity index (χ2n) is 16.4. The number of hydrogen-bond donors (Lipinski definition) is 10. The van der Waals surface area contributed by atoms with Crippen molar-refractivity contribution in [2.45, 2.75) is 107 Å². The Labute approximate surface area is 376 Å². The van der Waals surface area contributed by atoms with E-state index in [2.05, 4.69) is 31.6 Å². The molecular formula is C44H61N11O10. The number of nitrogens with zero attached hydrogens (tertiary/aromatic N) is 3. The number of hydroxylamine groups is 1. The van der Waals surface area contributed by atoms with E-state index in [9.17, 15) is 48.7 Å². The van der Waals surface area contributed by atoms with E-state index in [1.165, 1.54) is 9.80 Å². The number of hydrogen-bond acceptors (Lipinski definition) is 13. The third-order valence-corrected chi connectivity index (χ3v) is 11.8. The van der Waals surface area contributed by atoms with E-state index in [1.807, 2.05) is 5.48 Å². The third kappa shape index (κ3) is 14.1. The topological polar surface area (TPSA) is 320 Å². The highest BCUT2D eigenvalue weighted by Crippen LogP contribution is 2.22. The number of aliphatic hydroxyl groups excluding tert-OH is 1. The molecule has 0 radical (unpaired) electrons. The quantitative estimate of drug-likeness (QED) is 0.0179. The number of likely N-dealkylation sites (tertiary alicyclic amines) is 2. The summed E-state index contributed by atoms with van der Waals surface area (Å²) in [6.07, 6.45) is 3.23. The fourth-order valence-electron chi connectivity index (χ4n) is 8.35. The lowest BCUT2D eigenvalue weighted by Crippen LogP contribution is -2.60. The van der Waals surface area contributed by atoms with Gasteiger partial charge in [-0.15, -0.1) is 0 Å². The number of aliphatic hydroxyl groups is 1. The molecule has 0 bridgehead atoms. The van der Waals surface area contributed by atoms with Crippen molar-refractivity contribution in [2.24, 2.45) is 16.5 Å². The summed E-state index contributed by atoms with van der Waals surface area (Å²) < 4.78 is 0. The average Bonchev–Trinajstić information content (AvgIpc) is 4.13. The predicted octanol–water partition coefficient (Wildman–Crippen LogP) is -2.69. The van der Waals surface area contributed by atoms with Gasteiger partial charge in [-0.2, -0.15) is 5.48 Å². The van der Waals surface area contributed by atoms with Crippen LogP contribution in [0.5, 0.6) is 0 Å². The zero-order valence-corrected chi connectivity index (χ0v) is 36.3. The number of amides is 6. The van der Waals surface area contributed by atoms with Crippen molar-refractivity contribution < 1.29 is 48.7 Å². The van der Waals surface area contributed by atoms with Crippen LogP contribution in [0.4, 0.5) is 0 Å². The number of carbonyl (C=O) groups excluding carboxylic acids is 8. The fraction of sp³-hybridized carbons (Fsp3) is 0.523. The van der Waals surface area contributed by atoms with Crippen molar-refractivity contribution in [3.05, 3.63) is 71.8 Å². The van der Waals surface area contributed by atoms with Crippen molar-refractivity contribution in [3.63, 3.8) is 0 Å². The second kappa shape index (κ2) is 24.7. The van der Waals surface area contributed by atoms with Gasteiger partial charge >= 0.3 is 0 Å². The summed E-state index contributed by atoms with van der Waals surface area (Å²) >= 11 is 0. The van der Waals surface area contributed by atoms with E-state index >= 15 is 0 Å². The summed E-state index contributed by atoms with van der Waals surface area (Å²) in [5.41, 5.74) is 14.1. The molecule has 3 saturated heterocycles. The van der Waals surface area contributed by atoms with E-state index in [4.69, 9.17) is 11.5 Å². The van der Waals surface area contributed by atoms with Gasteiger partial charge < -0.3 is 58.2 Å². The number of nitrogens with two attached hydrogens (primary N) is 2. The number of nitrogens with one attached hydrogen (secondary N) is 6. The van der Waals surface area contributed by atoms with Gasteiger partial charge in [0.05, 0.1) is 25.2 Å². The van der Waals surface area contributed by atoms with Crippen molar-refractivity contribution in [2.75, 3.05) is 39.3 Å². The number of ketones is 2. The standard InChI is InChI=1S/C44H61N11O10/c45-44(46)48-20-8-16-30(53-65)40(61)51-32(24-28-13-5-2-6-14-28)43(64)55-22-10-18-35(55)42(63)52-33(26-56)41(62)50-31(23-27-11-3-1-4-12-27)39(60)49-25-36(57)54-21-9-17-34(54)38(59)37(58)29-15-7-19-47-29/h1-6,11-14,29-35,47,53,56,65H,7-10,15-26H2,(H,49,60)(H,50,62)(H,51,61)(H,52,63)(H4,45,46,48). The van der Waals surface area contributed by atoms with Crippen LogP contribution in [-0.2, 0) is 51.2 Å². The van der Waals surface area contributed by atoms with Gasteiger partial charge in [-0.1, -0.05) is 60.7 Å². The third-order valence-electron chi connectivity index (χ3n) is 11.8. The number of Topliss-reactive ketones (excluding diaryl/α,β-unsaturated/α-hetero) is 2. The Balaban J connectivity index is 1.23. The lowest BCUT2D eigenvalue weighted by atomic mass is 10.00. The highest BCUT2D eigenvalue weighted by molar-refractivity contribution is 6.41. The van der Waals surface area contributed by atoms with E-state index < -0.39 is 102 Å². The van der Waals surface area contributed by atoms with E-state index in [0.717, 1.165) is 6.42 Å². The smallest absolute Gasteiger partial charge is 0.246 e. The van der Waals surface area contributed by atoms with Gasteiger partial charge in [0.15, 0.2) is 5.96 Å². The molecule has 7 atom stereocenters. The molecule has 2 aromatic carbocycles. The fourth-order valence-corrected chi connectivity index (χ4v) is 8.35. The van der Waals surface area contributed by atoms with Gasteiger partial charge in [-0.05, 0) is 69.0 Å². The van der Waals surface area contributed by atoms with Crippen LogP contribution in [0, 0.1) is 0 Å². The summed E-state index contributed by atoms with van der Waals surface area (Å²) in [5, 5.41) is 33.5. The lowest BCUT2D eigenvalue weighted by Gasteiger charge is -2.30. The Morgan fingerprint density at radius 1 is 0.708 bits per heavy atom. The highest BCUT2D eigenvalue weighted by atomic mass is 16.5. The first-order chi connectivity index (χ1) is 31.3. The van der Waals surface area contributed by atoms with Gasteiger partial charge in [-0.3, -0.25) is 43.3 Å². The number of rotatable bonds is 23. The number of carbonyl (C=O) groups is 8. The monoisotopic (exact) mass is 903 g/mol. The van der Waals surface area contributed by atoms with Gasteiger partial charge in [0.25, 0.3) is 0 Å². The molecule has 0 aliphatic carbocycles. The van der Waals surface area contributed by atoms with Crippen molar-refractivity contribution in [1.29, 1.82) is 0 Å². The van der Waals surface area contributed by atoms with Crippen LogP contribution < -0.4 is 43.5 Å². The largest absolute Gasteiger partial charge is 0.394 e. The SMILES string of the molecule is NC(N)=NCCCC(NO)C(=O)NC(Cc1ccccc1)C(=O)N1CCCC1C(=O)NC(CO)C(=O)NC(Cc1ccccc1)C(=O)NCC(=O)N1CCCC1C(=O)C(=O)C1CCCN1. The van der Waals surface area contributed by atoms with Crippen LogP contribution in [0.15, 0.2) is 65.7 Å². The van der Waals surface area contributed by atoms with Gasteiger partial charge in [0, 0.05) is 32.5 Å². The van der Waals surface area contributed by atoms with E-state index in [1.54, 1.807) is 60.7 Å². The number of guanidine groups is 1. The minimum Gasteiger partial charge on any atom is -0.394 e. The van der Waals surface area contributed by atoms with Crippen LogP contribution in [-0.4, -0.2) is 155 Å². The highest BCUT2D eigenvalue weighted by Gasteiger charge is 2.41. The Bertz CT molecular complexity index is 2010. The molecule has 5 rings (SSSR count). The molecule has 3 heterocycles. The molecular weight excluding hydrogens is 843 g/mol. The van der Waals surface area contributed by atoms with Crippen LogP contribution >= 0.6 is 0 Å². The second-order valence-corrected chi connectivity index (χ2v) is 16.4. The Kier molecular flexibility index (Phi) is 18.9. The van der Waals surface area contributed by atoms with E-state index in [-0.39, 0.29) is 51.3 Å². The number of aliphatic imine (C=N–C) groups is 1. The van der Waals surface area contributed by atoms with Crippen molar-refractivity contribution in [1.82, 2.24) is 41.9 Å². The first-order valence-electron chi connectivity index (χ1n) is 22.0. The molecule has 7 unspecified atom stereocenters. The van der Waals surface area contributed by atoms with Crippen molar-refractivity contribution >= 4 is 53.0 Å². The summed E-state index contributed by atoms with van der Waals surface area (Å²) in [6.45, 7) is -0.186. The van der Waals surface area contributed by atoms with Crippen LogP contribution in [0.3, 0.4) is 0 Å². The Hall–Kier alpha value is -6.29. The van der Waals surface area contributed by atoms with Gasteiger partial charge in [0.1, 0.15) is 30.2 Å². The normalized spacial score (nSPS) is 19.9. The maximum absolute atomic E-state index is 14.2. The summed E-state index contributed by atoms with van der Waals surface area (Å²) in [4.78, 5) is 115. The zero-order chi connectivity index (χ0) is 46.9. The molecule has 0 spiro atoms. The van der Waals surface area contributed by atoms with Crippen molar-refractivity contribution in [3.8, 4) is 0 Å². The van der Waals surface area contributed by atoms with Gasteiger partial charge in [-0.25, -0.2) is 0 Å². The Morgan fingerprint density at radius 2 is 1.31 bits per heavy atom. The molecule has 0 aromatic heterocycles. The summed E-state index contributed by atoms with van der Waals surface area (Å²) in [7, 11) is 0. The van der Waals surface area contributed by atoms with Crippen LogP contribution in [0.25, 0.3) is 0 Å². The zero-order valence-electron chi connectivity index (χ0n) is 36.3. The van der Waals surface area contributed by atoms with Crippen LogP contribution in [0.2, 0.25) is 0 Å². The predicted molar refractivity (Wildman–Crippen MR) is 235 cm³/mol. The molecule has 3 aliphatic rings. The molecule has 2 aromatic rings. The minimum absolute atomic E-state index is 0.0330. The molecule has 65 heavy (non-hydrogen) atoms. The molecule has 0 saturated carbocycles. The summed E-state index contributed by atoms with van der Waals surface area (Å²) in [6, 6.07) is 9.86. The minimum atomic E-state index is -1.56. The van der Waals surface area contributed by atoms with Gasteiger partial charge in [0.2, 0.25) is 47.0 Å². The maximum atomic E-state index is 14.2. The molecule has 352 valence electrons. The molecule has 21 heteroatoms. The molecule has 6 amide bonds. The average molecular weight is 904 g/mol. The summed E-state index contributed by atoms with van der Waals surface area (Å²) in [5.74, 6) is -5.59. The lowest BCUT2D eigenvalue weighted by molar-refractivity contribution is -0.144. The Morgan fingerprint density at radius 3 is 1.91 bits per heavy atom. The molecule has 21 nitrogen and oxygen atoms in total. The van der Waals surface area contributed by atoms with Crippen LogP contribution in [0.1, 0.15) is 62.5 Å². The number of benzene rings is 2. The molecule has 3 fully saturated rings. The first kappa shape index (κ1) is 49.7. The van der Waals surface area contributed by atoms with E-state index in [0.29, 0.717) is 49.8 Å². The molecule has 3 aliphatic heterocycles. The first-order valence-corrected chi connectivity index (χ1v) is 22.0. The maximum Gasteiger partial charge on any atom is 0.246 e.